The summed E-state index contributed by atoms with van der Waals surface area (Å²) >= 11 is 0. The Balaban J connectivity index is 3.75. The van der Waals surface area contributed by atoms with Gasteiger partial charge in [0.15, 0.2) is 0 Å². The molecule has 0 aliphatic rings. The van der Waals surface area contributed by atoms with Crippen molar-refractivity contribution in [2.75, 3.05) is 0 Å². The van der Waals surface area contributed by atoms with Crippen LogP contribution in [0.4, 0.5) is 0 Å². The topological polar surface area (TPSA) is 0 Å². The monoisotopic (exact) mass is 178 g/mol. The fourth-order valence-corrected chi connectivity index (χ4v) is 1.37. The van der Waals surface area contributed by atoms with E-state index in [1.807, 2.05) is 13.0 Å². The van der Waals surface area contributed by atoms with Crippen molar-refractivity contribution < 1.29 is 0 Å². The summed E-state index contributed by atoms with van der Waals surface area (Å²) in [6.45, 7) is 14.1. The van der Waals surface area contributed by atoms with Gasteiger partial charge in [-0.1, -0.05) is 36.8 Å². The summed E-state index contributed by atoms with van der Waals surface area (Å²) in [5, 5.41) is 0. The lowest BCUT2D eigenvalue weighted by atomic mass is 9.98. The molecular weight excluding hydrogens is 156 g/mol. The van der Waals surface area contributed by atoms with Gasteiger partial charge < -0.3 is 0 Å². The summed E-state index contributed by atoms with van der Waals surface area (Å²) in [7, 11) is 0. The second-order valence-electron chi connectivity index (χ2n) is 4.01. The van der Waals surface area contributed by atoms with E-state index in [0.717, 1.165) is 17.9 Å². The second-order valence-corrected chi connectivity index (χ2v) is 4.01. The molecule has 0 fully saturated rings. The van der Waals surface area contributed by atoms with Gasteiger partial charge in [-0.3, -0.25) is 0 Å². The van der Waals surface area contributed by atoms with Gasteiger partial charge in [0.05, 0.1) is 0 Å². The Morgan fingerprint density at radius 1 is 1.38 bits per heavy atom. The Bertz CT molecular complexity index is 196. The van der Waals surface area contributed by atoms with Crippen molar-refractivity contribution in [1.82, 2.24) is 0 Å². The van der Waals surface area contributed by atoms with E-state index >= 15 is 0 Å². The largest absolute Gasteiger partial charge is 0.103 e. The Kier molecular flexibility index (Phi) is 6.30. The number of hydrogen-bond donors (Lipinski definition) is 0. The standard InChI is InChI=1S/C13H22/c1-6-7-12(4)8-9-13(5)10-11(2)3/h6,10,12H,1-2,7-9H2,3-5H3/b13-10-. The van der Waals surface area contributed by atoms with Crippen LogP contribution in [0.25, 0.3) is 0 Å². The van der Waals surface area contributed by atoms with E-state index in [0.29, 0.717) is 0 Å². The molecule has 0 nitrogen and oxygen atoms in total. The van der Waals surface area contributed by atoms with Crippen molar-refractivity contribution >= 4 is 0 Å². The molecule has 0 aromatic rings. The van der Waals surface area contributed by atoms with Gasteiger partial charge in [-0.05, 0) is 39.0 Å². The van der Waals surface area contributed by atoms with Crippen molar-refractivity contribution in [1.29, 1.82) is 0 Å². The average molecular weight is 178 g/mol. The van der Waals surface area contributed by atoms with Crippen molar-refractivity contribution in [2.45, 2.75) is 40.0 Å². The third kappa shape index (κ3) is 7.58. The van der Waals surface area contributed by atoms with E-state index in [-0.39, 0.29) is 0 Å². The van der Waals surface area contributed by atoms with Crippen LogP contribution < -0.4 is 0 Å². The van der Waals surface area contributed by atoms with Gasteiger partial charge in [0, 0.05) is 0 Å². The SMILES string of the molecule is C=CCC(C)CC/C(C)=C\C(=C)C. The fraction of sp³-hybridized carbons (Fsp3) is 0.538. The number of hydrogen-bond acceptors (Lipinski definition) is 0. The first-order valence-electron chi connectivity index (χ1n) is 4.99. The Morgan fingerprint density at radius 3 is 2.46 bits per heavy atom. The highest BCUT2D eigenvalue weighted by Crippen LogP contribution is 2.15. The van der Waals surface area contributed by atoms with Gasteiger partial charge in [0.25, 0.3) is 0 Å². The molecule has 0 saturated heterocycles. The van der Waals surface area contributed by atoms with Crippen LogP contribution in [0.3, 0.4) is 0 Å². The maximum atomic E-state index is 3.87. The smallest absolute Gasteiger partial charge is 0.0317 e. The van der Waals surface area contributed by atoms with E-state index in [9.17, 15) is 0 Å². The molecule has 0 radical (unpaired) electrons. The zero-order valence-corrected chi connectivity index (χ0v) is 9.27. The van der Waals surface area contributed by atoms with E-state index in [1.54, 1.807) is 0 Å². The van der Waals surface area contributed by atoms with Crippen LogP contribution >= 0.6 is 0 Å². The predicted octanol–water partition coefficient (Wildman–Crippen LogP) is 4.50. The van der Waals surface area contributed by atoms with Crippen LogP contribution in [0, 0.1) is 5.92 Å². The van der Waals surface area contributed by atoms with Crippen LogP contribution in [-0.2, 0) is 0 Å². The van der Waals surface area contributed by atoms with Crippen LogP contribution in [-0.4, -0.2) is 0 Å². The number of allylic oxidation sites excluding steroid dienone is 4. The van der Waals surface area contributed by atoms with Crippen LogP contribution in [0.1, 0.15) is 40.0 Å². The average Bonchev–Trinajstić information content (AvgIpc) is 2.00. The molecule has 0 heteroatoms. The van der Waals surface area contributed by atoms with Gasteiger partial charge in [0.2, 0.25) is 0 Å². The Hall–Kier alpha value is -0.780. The lowest BCUT2D eigenvalue weighted by Gasteiger charge is -2.08. The van der Waals surface area contributed by atoms with Gasteiger partial charge in [0.1, 0.15) is 0 Å². The lowest BCUT2D eigenvalue weighted by Crippen LogP contribution is -1.92. The molecule has 0 spiro atoms. The highest BCUT2D eigenvalue weighted by atomic mass is 14.0. The first kappa shape index (κ1) is 12.2. The zero-order chi connectivity index (χ0) is 10.3. The van der Waals surface area contributed by atoms with E-state index in [1.165, 1.54) is 18.4 Å². The predicted molar refractivity (Wildman–Crippen MR) is 61.8 cm³/mol. The maximum Gasteiger partial charge on any atom is -0.0317 e. The van der Waals surface area contributed by atoms with Gasteiger partial charge in [-0.2, -0.15) is 0 Å². The summed E-state index contributed by atoms with van der Waals surface area (Å²) in [5.41, 5.74) is 2.58. The molecule has 0 bridgehead atoms. The first-order valence-corrected chi connectivity index (χ1v) is 4.99. The molecular formula is C13H22. The molecule has 13 heavy (non-hydrogen) atoms. The molecule has 0 aromatic carbocycles. The van der Waals surface area contributed by atoms with E-state index < -0.39 is 0 Å². The van der Waals surface area contributed by atoms with E-state index in [2.05, 4.69) is 33.1 Å². The summed E-state index contributed by atoms with van der Waals surface area (Å²) < 4.78 is 0. The molecule has 0 rings (SSSR count). The molecule has 74 valence electrons. The minimum Gasteiger partial charge on any atom is -0.103 e. The maximum absolute atomic E-state index is 3.87. The van der Waals surface area contributed by atoms with Crippen LogP contribution in [0.5, 0.6) is 0 Å². The molecule has 0 heterocycles. The van der Waals surface area contributed by atoms with Crippen molar-refractivity contribution in [3.63, 3.8) is 0 Å². The van der Waals surface area contributed by atoms with Crippen LogP contribution in [0.15, 0.2) is 36.5 Å². The third-order valence-electron chi connectivity index (χ3n) is 2.09. The molecule has 0 aromatic heterocycles. The summed E-state index contributed by atoms with van der Waals surface area (Å²) in [6.07, 6.45) is 7.73. The van der Waals surface area contributed by atoms with Gasteiger partial charge in [-0.15, -0.1) is 6.58 Å². The number of rotatable bonds is 6. The summed E-state index contributed by atoms with van der Waals surface area (Å²) in [4.78, 5) is 0. The third-order valence-corrected chi connectivity index (χ3v) is 2.09. The summed E-state index contributed by atoms with van der Waals surface area (Å²) in [5.74, 6) is 0.756. The molecule has 1 atom stereocenters. The Morgan fingerprint density at radius 2 is 2.00 bits per heavy atom. The molecule has 0 saturated carbocycles. The minimum absolute atomic E-state index is 0.756. The summed E-state index contributed by atoms with van der Waals surface area (Å²) in [6, 6.07) is 0. The minimum atomic E-state index is 0.756. The molecule has 0 aliphatic carbocycles. The van der Waals surface area contributed by atoms with Crippen molar-refractivity contribution in [2.24, 2.45) is 5.92 Å². The van der Waals surface area contributed by atoms with E-state index in [4.69, 9.17) is 0 Å². The normalized spacial score (nSPS) is 13.9. The first-order chi connectivity index (χ1) is 6.06. The quantitative estimate of drug-likeness (QED) is 0.415. The van der Waals surface area contributed by atoms with Gasteiger partial charge in [-0.25, -0.2) is 0 Å². The van der Waals surface area contributed by atoms with Crippen LogP contribution in [0.2, 0.25) is 0 Å². The molecule has 1 unspecified atom stereocenters. The fourth-order valence-electron chi connectivity index (χ4n) is 1.37. The lowest BCUT2D eigenvalue weighted by molar-refractivity contribution is 0.539. The highest BCUT2D eigenvalue weighted by molar-refractivity contribution is 5.16. The van der Waals surface area contributed by atoms with Crippen molar-refractivity contribution in [3.05, 3.63) is 36.5 Å². The zero-order valence-electron chi connectivity index (χ0n) is 9.27. The molecule has 0 amide bonds. The van der Waals surface area contributed by atoms with Crippen molar-refractivity contribution in [3.8, 4) is 0 Å². The highest BCUT2D eigenvalue weighted by Gasteiger charge is 1.99. The molecule has 0 N–H and O–H groups in total. The second kappa shape index (κ2) is 6.71. The Labute approximate surface area is 83.0 Å². The van der Waals surface area contributed by atoms with Gasteiger partial charge >= 0.3 is 0 Å². The molecule has 0 aliphatic heterocycles.